The first kappa shape index (κ1) is 19.3. The molecule has 0 aromatic heterocycles. The van der Waals surface area contributed by atoms with Crippen LogP contribution in [0.25, 0.3) is 0 Å². The van der Waals surface area contributed by atoms with Crippen LogP contribution in [0.4, 0.5) is 5.69 Å². The van der Waals surface area contributed by atoms with Crippen LogP contribution in [0.1, 0.15) is 25.3 Å². The minimum Gasteiger partial charge on any atom is -0.481 e. The number of aliphatic carboxylic acids is 1. The van der Waals surface area contributed by atoms with Gasteiger partial charge < -0.3 is 15.2 Å². The van der Waals surface area contributed by atoms with Gasteiger partial charge in [0.25, 0.3) is 5.91 Å². The Morgan fingerprint density at radius 3 is 2.19 bits per heavy atom. The van der Waals surface area contributed by atoms with Crippen LogP contribution in [-0.4, -0.2) is 27.9 Å². The van der Waals surface area contributed by atoms with Gasteiger partial charge in [-0.1, -0.05) is 28.9 Å². The summed E-state index contributed by atoms with van der Waals surface area (Å²) in [7, 11) is 0. The largest absolute Gasteiger partial charge is 0.481 e. The van der Waals surface area contributed by atoms with E-state index >= 15 is 0 Å². The maximum absolute atomic E-state index is 11.9. The zero-order valence-corrected chi connectivity index (χ0v) is 14.7. The summed E-state index contributed by atoms with van der Waals surface area (Å²) in [5.74, 6) is -0.885. The summed E-state index contributed by atoms with van der Waals surface area (Å²) in [4.78, 5) is 28.2. The van der Waals surface area contributed by atoms with Gasteiger partial charge in [0.05, 0.1) is 17.8 Å². The zero-order chi connectivity index (χ0) is 19.1. The van der Waals surface area contributed by atoms with Crippen molar-refractivity contribution in [1.29, 1.82) is 0 Å². The van der Waals surface area contributed by atoms with Crippen molar-refractivity contribution in [2.45, 2.75) is 19.8 Å². The number of carboxylic acid groups (broad SMARTS) is 1. The van der Waals surface area contributed by atoms with Gasteiger partial charge in [-0.25, -0.2) is 0 Å². The number of oxime groups is 1. The Bertz CT molecular complexity index is 803. The number of halogens is 1. The first-order valence-electron chi connectivity index (χ1n) is 7.68. The van der Waals surface area contributed by atoms with Crippen molar-refractivity contribution >= 4 is 34.9 Å². The quantitative estimate of drug-likeness (QED) is 0.435. The van der Waals surface area contributed by atoms with Gasteiger partial charge in [0.15, 0.2) is 5.75 Å². The highest BCUT2D eigenvalue weighted by Gasteiger charge is 2.15. The molecule has 0 fully saturated rings. The van der Waals surface area contributed by atoms with E-state index in [4.69, 9.17) is 26.8 Å². The van der Waals surface area contributed by atoms with Gasteiger partial charge in [-0.15, -0.1) is 5.06 Å². The molecule has 1 amide bonds. The third kappa shape index (κ3) is 5.22. The number of hydrogen-bond acceptors (Lipinski definition) is 5. The Morgan fingerprint density at radius 2 is 1.69 bits per heavy atom. The molecule has 8 heteroatoms. The second kappa shape index (κ2) is 8.87. The van der Waals surface area contributed by atoms with Crippen LogP contribution in [0, 0.1) is 0 Å². The number of nitrogens with zero attached hydrogens (tertiary/aromatic N) is 2. The number of carbonyl (C=O) groups excluding carboxylic acids is 1. The Morgan fingerprint density at radius 1 is 1.08 bits per heavy atom. The molecular weight excluding hydrogens is 360 g/mol. The Kier molecular flexibility index (Phi) is 6.57. The molecule has 2 N–H and O–H groups in total. The van der Waals surface area contributed by atoms with E-state index in [0.717, 1.165) is 5.06 Å². The molecule has 0 spiro atoms. The summed E-state index contributed by atoms with van der Waals surface area (Å²) in [6.07, 6.45) is -0.0662. The molecular formula is C18H17ClN2O5. The number of amides is 1. The first-order chi connectivity index (χ1) is 12.4. The smallest absolute Gasteiger partial charge is 0.303 e. The van der Waals surface area contributed by atoms with Crippen LogP contribution in [0.15, 0.2) is 53.7 Å². The lowest BCUT2D eigenvalue weighted by molar-refractivity contribution is -0.136. The van der Waals surface area contributed by atoms with Gasteiger partial charge in [0.1, 0.15) is 0 Å². The molecule has 0 unspecified atom stereocenters. The number of carboxylic acids is 1. The minimum atomic E-state index is -0.984. The maximum Gasteiger partial charge on any atom is 0.303 e. The molecule has 0 atom stereocenters. The van der Waals surface area contributed by atoms with Gasteiger partial charge >= 0.3 is 5.97 Å². The van der Waals surface area contributed by atoms with E-state index in [-0.39, 0.29) is 24.5 Å². The van der Waals surface area contributed by atoms with Crippen LogP contribution in [0.2, 0.25) is 5.02 Å². The molecule has 0 heterocycles. The zero-order valence-electron chi connectivity index (χ0n) is 13.9. The van der Waals surface area contributed by atoms with Gasteiger partial charge in [-0.05, 0) is 42.0 Å². The van der Waals surface area contributed by atoms with Gasteiger partial charge in [0, 0.05) is 18.4 Å². The van der Waals surface area contributed by atoms with Crippen molar-refractivity contribution in [2.75, 3.05) is 5.06 Å². The molecule has 0 aliphatic rings. The fraction of sp³-hybridized carbons (Fsp3) is 0.167. The van der Waals surface area contributed by atoms with Crippen LogP contribution in [-0.2, 0) is 9.59 Å². The molecule has 0 aliphatic carbocycles. The summed E-state index contributed by atoms with van der Waals surface area (Å²) in [5.41, 5.74) is 1.26. The van der Waals surface area contributed by atoms with E-state index in [9.17, 15) is 9.59 Å². The first-order valence-corrected chi connectivity index (χ1v) is 8.06. The van der Waals surface area contributed by atoms with Crippen molar-refractivity contribution in [2.24, 2.45) is 5.16 Å². The van der Waals surface area contributed by atoms with E-state index in [0.29, 0.717) is 22.0 Å². The Labute approximate surface area is 155 Å². The number of anilines is 1. The van der Waals surface area contributed by atoms with E-state index in [1.165, 1.54) is 6.92 Å². The second-order valence-electron chi connectivity index (χ2n) is 5.35. The number of hydroxylamine groups is 1. The Balaban J connectivity index is 2.18. The van der Waals surface area contributed by atoms with E-state index < -0.39 is 5.97 Å². The SMILES string of the molecule is CC(=O)N(Oc1ccc(Cl)cc1)c1ccc(C(CCC(=O)O)=NO)cc1. The second-order valence-corrected chi connectivity index (χ2v) is 5.78. The molecule has 0 bridgehead atoms. The van der Waals surface area contributed by atoms with Gasteiger partial charge in [0.2, 0.25) is 0 Å². The van der Waals surface area contributed by atoms with Crippen molar-refractivity contribution < 1.29 is 24.7 Å². The van der Waals surface area contributed by atoms with Gasteiger partial charge in [-0.2, -0.15) is 0 Å². The average molecular weight is 377 g/mol. The highest BCUT2D eigenvalue weighted by atomic mass is 35.5. The van der Waals surface area contributed by atoms with Gasteiger partial charge in [-0.3, -0.25) is 9.59 Å². The lowest BCUT2D eigenvalue weighted by Gasteiger charge is -2.21. The third-order valence-corrected chi connectivity index (χ3v) is 3.68. The molecule has 0 radical (unpaired) electrons. The predicted octanol–water partition coefficient (Wildman–Crippen LogP) is 3.73. The Hall–Kier alpha value is -3.06. The van der Waals surface area contributed by atoms with Crippen LogP contribution in [0.3, 0.4) is 0 Å². The molecule has 2 aromatic rings. The maximum atomic E-state index is 11.9. The standard InChI is InChI=1S/C18H17ClN2O5/c1-12(22)21(26-16-8-4-14(19)5-9-16)15-6-2-13(3-7-15)17(20-25)10-11-18(23)24/h2-9,25H,10-11H2,1H3,(H,23,24). The lowest BCUT2D eigenvalue weighted by atomic mass is 10.1. The predicted molar refractivity (Wildman–Crippen MR) is 96.9 cm³/mol. The highest BCUT2D eigenvalue weighted by Crippen LogP contribution is 2.22. The summed E-state index contributed by atoms with van der Waals surface area (Å²) in [5, 5.41) is 22.6. The topological polar surface area (TPSA) is 99.4 Å². The van der Waals surface area contributed by atoms with E-state index in [2.05, 4.69) is 5.16 Å². The molecule has 2 aromatic carbocycles. The molecule has 136 valence electrons. The van der Waals surface area contributed by atoms with Crippen molar-refractivity contribution in [3.05, 3.63) is 59.1 Å². The van der Waals surface area contributed by atoms with E-state index in [1.807, 2.05) is 0 Å². The molecule has 7 nitrogen and oxygen atoms in total. The fourth-order valence-corrected chi connectivity index (χ4v) is 2.29. The summed E-state index contributed by atoms with van der Waals surface area (Å²) in [6, 6.07) is 13.0. The number of benzene rings is 2. The third-order valence-electron chi connectivity index (χ3n) is 3.43. The number of hydrogen-bond donors (Lipinski definition) is 2. The molecule has 0 saturated heterocycles. The summed E-state index contributed by atoms with van der Waals surface area (Å²) >= 11 is 5.83. The normalized spacial score (nSPS) is 11.1. The summed E-state index contributed by atoms with van der Waals surface area (Å²) < 4.78 is 0. The average Bonchev–Trinajstić information content (AvgIpc) is 2.62. The van der Waals surface area contributed by atoms with Crippen molar-refractivity contribution in [3.8, 4) is 5.75 Å². The minimum absolute atomic E-state index is 0.0862. The fourth-order valence-electron chi connectivity index (χ4n) is 2.17. The van der Waals surface area contributed by atoms with Crippen LogP contribution in [0.5, 0.6) is 5.75 Å². The van der Waals surface area contributed by atoms with Crippen LogP contribution >= 0.6 is 11.6 Å². The highest BCUT2D eigenvalue weighted by molar-refractivity contribution is 6.30. The molecule has 0 aliphatic heterocycles. The lowest BCUT2D eigenvalue weighted by Crippen LogP contribution is -2.32. The molecule has 0 saturated carbocycles. The summed E-state index contributed by atoms with van der Waals surface area (Å²) in [6.45, 7) is 1.36. The van der Waals surface area contributed by atoms with Crippen LogP contribution < -0.4 is 9.90 Å². The van der Waals surface area contributed by atoms with E-state index in [1.54, 1.807) is 48.5 Å². The molecule has 26 heavy (non-hydrogen) atoms. The van der Waals surface area contributed by atoms with Crippen molar-refractivity contribution in [3.63, 3.8) is 0 Å². The number of carbonyl (C=O) groups is 2. The van der Waals surface area contributed by atoms with Crippen molar-refractivity contribution in [1.82, 2.24) is 0 Å². The molecule has 2 rings (SSSR count). The monoisotopic (exact) mass is 376 g/mol. The number of rotatable bonds is 7.